The van der Waals surface area contributed by atoms with Crippen LogP contribution >= 0.6 is 12.4 Å². The fraction of sp³-hybridized carbons (Fsp3) is 0.538. The van der Waals surface area contributed by atoms with Crippen molar-refractivity contribution in [2.24, 2.45) is 5.73 Å². The maximum Gasteiger partial charge on any atom is 0.333 e. The maximum atomic E-state index is 10.5. The van der Waals surface area contributed by atoms with Crippen LogP contribution in [0.15, 0.2) is 24.8 Å². The van der Waals surface area contributed by atoms with E-state index in [0.717, 1.165) is 12.8 Å². The van der Waals surface area contributed by atoms with E-state index in [9.17, 15) is 9.59 Å². The summed E-state index contributed by atoms with van der Waals surface area (Å²) in [7, 11) is 0. The minimum Gasteiger partial charge on any atom is -0.463 e. The number of rotatable bonds is 7. The van der Waals surface area contributed by atoms with Crippen molar-refractivity contribution in [1.29, 1.82) is 0 Å². The Labute approximate surface area is 121 Å². The molecule has 0 bridgehead atoms. The molecule has 0 aliphatic heterocycles. The fourth-order valence-electron chi connectivity index (χ4n) is 0.651. The molecular weight excluding hydrogens is 270 g/mol. The van der Waals surface area contributed by atoms with Crippen LogP contribution in [-0.2, 0) is 19.1 Å². The van der Waals surface area contributed by atoms with Crippen molar-refractivity contribution in [3.63, 3.8) is 0 Å². The molecule has 0 radical (unpaired) electrons. The Morgan fingerprint density at radius 2 is 1.84 bits per heavy atom. The van der Waals surface area contributed by atoms with Crippen LogP contribution in [0, 0.1) is 0 Å². The van der Waals surface area contributed by atoms with Gasteiger partial charge in [-0.25, -0.2) is 9.59 Å². The van der Waals surface area contributed by atoms with E-state index < -0.39 is 0 Å². The molecule has 0 atom stereocenters. The second-order valence-electron chi connectivity index (χ2n) is 3.43. The summed E-state index contributed by atoms with van der Waals surface area (Å²) in [6.07, 6.45) is 3.15. The van der Waals surface area contributed by atoms with E-state index in [2.05, 4.69) is 22.6 Å². The Balaban J connectivity index is -0.000000256. The predicted octanol–water partition coefficient (Wildman–Crippen LogP) is 2.00. The highest BCUT2D eigenvalue weighted by Crippen LogP contribution is 1.89. The lowest BCUT2D eigenvalue weighted by Gasteiger charge is -1.99. The Morgan fingerprint density at radius 1 is 1.26 bits per heavy atom. The molecule has 0 spiro atoms. The van der Waals surface area contributed by atoms with Crippen LogP contribution in [0.5, 0.6) is 0 Å². The highest BCUT2D eigenvalue weighted by atomic mass is 35.5. The Morgan fingerprint density at radius 3 is 2.21 bits per heavy atom. The van der Waals surface area contributed by atoms with Crippen LogP contribution in [0.4, 0.5) is 0 Å². The third kappa shape index (κ3) is 19.2. The van der Waals surface area contributed by atoms with Gasteiger partial charge in [0.2, 0.25) is 0 Å². The van der Waals surface area contributed by atoms with Crippen molar-refractivity contribution >= 4 is 24.3 Å². The molecule has 6 heteroatoms. The van der Waals surface area contributed by atoms with E-state index in [-0.39, 0.29) is 31.0 Å². The zero-order chi connectivity index (χ0) is 14.4. The number of unbranched alkanes of at least 4 members (excludes halogenated alkanes) is 1. The maximum absolute atomic E-state index is 10.5. The van der Waals surface area contributed by atoms with E-state index in [4.69, 9.17) is 5.73 Å². The quantitative estimate of drug-likeness (QED) is 0.441. The normalized spacial score (nSPS) is 8.16. The number of esters is 2. The standard InChI is InChI=1S/C7H12O2.C6H11NO2.ClH/c1-3-5-6-9-7(8)4-2;1-5(2)6(8)9-4-3-7;/h4H,2-3,5-6H2,1H3;1,3-4,7H2,2H3;1H. The highest BCUT2D eigenvalue weighted by molar-refractivity contribution is 5.86. The van der Waals surface area contributed by atoms with Gasteiger partial charge in [0.15, 0.2) is 0 Å². The van der Waals surface area contributed by atoms with E-state index in [1.807, 2.05) is 6.92 Å². The van der Waals surface area contributed by atoms with Crippen molar-refractivity contribution in [2.45, 2.75) is 26.7 Å². The van der Waals surface area contributed by atoms with Crippen molar-refractivity contribution in [2.75, 3.05) is 19.8 Å². The molecule has 0 aromatic carbocycles. The molecule has 112 valence electrons. The fourth-order valence-corrected chi connectivity index (χ4v) is 0.651. The average Bonchev–Trinajstić information content (AvgIpc) is 2.36. The Kier molecular flexibility index (Phi) is 20.0. The molecule has 0 heterocycles. The lowest BCUT2D eigenvalue weighted by atomic mass is 10.4. The van der Waals surface area contributed by atoms with Crippen molar-refractivity contribution < 1.29 is 19.1 Å². The molecule has 19 heavy (non-hydrogen) atoms. The first-order valence-corrected chi connectivity index (χ1v) is 5.81. The van der Waals surface area contributed by atoms with Crippen LogP contribution < -0.4 is 5.73 Å². The van der Waals surface area contributed by atoms with Gasteiger partial charge >= 0.3 is 11.9 Å². The van der Waals surface area contributed by atoms with Gasteiger partial charge in [0.1, 0.15) is 6.61 Å². The number of hydrogen-bond acceptors (Lipinski definition) is 5. The molecule has 0 amide bonds. The van der Waals surface area contributed by atoms with Crippen molar-refractivity contribution in [1.82, 2.24) is 0 Å². The topological polar surface area (TPSA) is 78.6 Å². The monoisotopic (exact) mass is 293 g/mol. The van der Waals surface area contributed by atoms with Gasteiger partial charge in [0.25, 0.3) is 0 Å². The summed E-state index contributed by atoms with van der Waals surface area (Å²) in [4.78, 5) is 20.9. The molecule has 0 aliphatic rings. The molecule has 5 nitrogen and oxygen atoms in total. The van der Waals surface area contributed by atoms with Crippen LogP contribution in [-0.4, -0.2) is 31.7 Å². The Bertz CT molecular complexity index is 278. The second kappa shape index (κ2) is 16.7. The van der Waals surface area contributed by atoms with Crippen molar-refractivity contribution in [3.8, 4) is 0 Å². The van der Waals surface area contributed by atoms with Crippen LogP contribution in [0.2, 0.25) is 0 Å². The number of nitrogens with two attached hydrogens (primary N) is 1. The first kappa shape index (κ1) is 22.8. The molecule has 0 aromatic heterocycles. The summed E-state index contributed by atoms with van der Waals surface area (Å²) >= 11 is 0. The average molecular weight is 294 g/mol. The molecule has 0 rings (SSSR count). The van der Waals surface area contributed by atoms with Crippen molar-refractivity contribution in [3.05, 3.63) is 24.8 Å². The number of hydrogen-bond donors (Lipinski definition) is 1. The first-order valence-electron chi connectivity index (χ1n) is 5.81. The number of ether oxygens (including phenoxy) is 2. The summed E-state index contributed by atoms with van der Waals surface area (Å²) in [5.74, 6) is -0.705. The molecule has 0 saturated heterocycles. The van der Waals surface area contributed by atoms with E-state index in [1.165, 1.54) is 6.08 Å². The van der Waals surface area contributed by atoms with Gasteiger partial charge in [-0.1, -0.05) is 26.5 Å². The number of carbonyl (C=O) groups is 2. The van der Waals surface area contributed by atoms with E-state index >= 15 is 0 Å². The second-order valence-corrected chi connectivity index (χ2v) is 3.43. The minimum atomic E-state index is -0.375. The van der Waals surface area contributed by atoms with Crippen LogP contribution in [0.3, 0.4) is 0 Å². The molecule has 2 N–H and O–H groups in total. The van der Waals surface area contributed by atoms with Crippen LogP contribution in [0.1, 0.15) is 26.7 Å². The summed E-state index contributed by atoms with van der Waals surface area (Å²) in [5, 5.41) is 0. The summed E-state index contributed by atoms with van der Waals surface area (Å²) in [5.41, 5.74) is 5.48. The summed E-state index contributed by atoms with van der Waals surface area (Å²) < 4.78 is 9.26. The lowest BCUT2D eigenvalue weighted by Crippen LogP contribution is -2.13. The zero-order valence-electron chi connectivity index (χ0n) is 11.6. The summed E-state index contributed by atoms with van der Waals surface area (Å²) in [6, 6.07) is 0. The minimum absolute atomic E-state index is 0. The molecule has 0 saturated carbocycles. The molecule has 0 aliphatic carbocycles. The van der Waals surface area contributed by atoms with E-state index in [0.29, 0.717) is 18.7 Å². The largest absolute Gasteiger partial charge is 0.463 e. The van der Waals surface area contributed by atoms with E-state index in [1.54, 1.807) is 6.92 Å². The third-order valence-corrected chi connectivity index (χ3v) is 1.61. The third-order valence-electron chi connectivity index (χ3n) is 1.61. The zero-order valence-corrected chi connectivity index (χ0v) is 12.5. The van der Waals surface area contributed by atoms with Gasteiger partial charge in [0.05, 0.1) is 6.61 Å². The number of halogens is 1. The number of carbonyl (C=O) groups excluding carboxylic acids is 2. The lowest BCUT2D eigenvalue weighted by molar-refractivity contribution is -0.139. The smallest absolute Gasteiger partial charge is 0.333 e. The SMILES string of the molecule is C=C(C)C(=O)OCCN.C=CC(=O)OCCCC.Cl. The first-order chi connectivity index (χ1) is 8.49. The molecule has 0 fully saturated rings. The summed E-state index contributed by atoms with van der Waals surface area (Å²) in [6.45, 7) is 11.4. The molecule has 0 unspecified atom stereocenters. The van der Waals surface area contributed by atoms with Gasteiger partial charge in [-0.2, -0.15) is 0 Å². The van der Waals surface area contributed by atoms with Gasteiger partial charge in [-0.3, -0.25) is 0 Å². The van der Waals surface area contributed by atoms with Crippen LogP contribution in [0.25, 0.3) is 0 Å². The highest BCUT2D eigenvalue weighted by Gasteiger charge is 1.99. The van der Waals surface area contributed by atoms with Gasteiger partial charge in [-0.15, -0.1) is 12.4 Å². The Hall–Kier alpha value is -1.33. The molecular formula is C13H24ClNO4. The van der Waals surface area contributed by atoms with Gasteiger partial charge in [0, 0.05) is 18.2 Å². The molecule has 0 aromatic rings. The van der Waals surface area contributed by atoms with Gasteiger partial charge in [-0.05, 0) is 13.3 Å². The van der Waals surface area contributed by atoms with Gasteiger partial charge < -0.3 is 15.2 Å². The predicted molar refractivity (Wildman–Crippen MR) is 78.1 cm³/mol.